The van der Waals surface area contributed by atoms with Gasteiger partial charge < -0.3 is 5.32 Å². The van der Waals surface area contributed by atoms with Gasteiger partial charge in [-0.1, -0.05) is 32.4 Å². The molecule has 1 amide bonds. The summed E-state index contributed by atoms with van der Waals surface area (Å²) in [7, 11) is 0. The number of nitrogens with one attached hydrogen (secondary N) is 1. The lowest BCUT2D eigenvalue weighted by molar-refractivity contribution is 0.0952. The zero-order valence-electron chi connectivity index (χ0n) is 11.3. The van der Waals surface area contributed by atoms with Gasteiger partial charge in [0.1, 0.15) is 0 Å². The predicted molar refractivity (Wildman–Crippen MR) is 85.2 cm³/mol. The van der Waals surface area contributed by atoms with E-state index in [1.54, 1.807) is 18.2 Å². The lowest BCUT2D eigenvalue weighted by Crippen LogP contribution is -2.31. The summed E-state index contributed by atoms with van der Waals surface area (Å²) in [6.07, 6.45) is 0.843. The molecule has 0 aliphatic heterocycles. The Morgan fingerprint density at radius 2 is 2.05 bits per heavy atom. The molecule has 1 atom stereocenters. The zero-order valence-corrected chi connectivity index (χ0v) is 14.4. The second-order valence-corrected chi connectivity index (χ2v) is 7.58. The van der Waals surface area contributed by atoms with Gasteiger partial charge in [0.25, 0.3) is 5.91 Å². The molecule has 0 radical (unpaired) electrons. The zero-order chi connectivity index (χ0) is 14.6. The molecule has 1 aromatic carbocycles. The first-order valence-electron chi connectivity index (χ1n) is 6.06. The summed E-state index contributed by atoms with van der Waals surface area (Å²) in [6.45, 7) is 6.82. The van der Waals surface area contributed by atoms with Crippen LogP contribution in [0.4, 0.5) is 0 Å². The van der Waals surface area contributed by atoms with Crippen molar-refractivity contribution in [1.29, 1.82) is 0 Å². The number of halogens is 3. The summed E-state index contributed by atoms with van der Waals surface area (Å²) in [4.78, 5) is 11.9. The smallest absolute Gasteiger partial charge is 0.251 e. The van der Waals surface area contributed by atoms with Crippen molar-refractivity contribution in [3.8, 4) is 0 Å². The standard InChI is InChI=1S/C14H18BrCl2NO/c1-14(2,3)7-10(16)8-18-13(19)9-4-5-11(15)12(17)6-9/h4-6,10H,7-8H2,1-3H3,(H,18,19). The molecular weight excluding hydrogens is 349 g/mol. The normalized spacial score (nSPS) is 13.2. The van der Waals surface area contributed by atoms with E-state index in [0.29, 0.717) is 17.1 Å². The minimum Gasteiger partial charge on any atom is -0.351 e. The van der Waals surface area contributed by atoms with Crippen LogP contribution >= 0.6 is 39.1 Å². The molecule has 0 bridgehead atoms. The number of amides is 1. The highest BCUT2D eigenvalue weighted by Crippen LogP contribution is 2.24. The van der Waals surface area contributed by atoms with Gasteiger partial charge in [0.15, 0.2) is 0 Å². The summed E-state index contributed by atoms with van der Waals surface area (Å²) in [5.74, 6) is -0.158. The van der Waals surface area contributed by atoms with Gasteiger partial charge in [0.05, 0.1) is 10.4 Å². The predicted octanol–water partition coefficient (Wildman–Crippen LogP) is 4.88. The molecule has 0 spiro atoms. The molecule has 1 N–H and O–H groups in total. The molecule has 106 valence electrons. The molecule has 0 aromatic heterocycles. The van der Waals surface area contributed by atoms with Crippen LogP contribution in [0.3, 0.4) is 0 Å². The number of carbonyl (C=O) groups is 1. The molecule has 0 saturated heterocycles. The first-order valence-corrected chi connectivity index (χ1v) is 7.67. The number of hydrogen-bond donors (Lipinski definition) is 1. The third kappa shape index (κ3) is 6.15. The van der Waals surface area contributed by atoms with Crippen molar-refractivity contribution in [2.75, 3.05) is 6.54 Å². The van der Waals surface area contributed by atoms with E-state index in [4.69, 9.17) is 23.2 Å². The number of alkyl halides is 1. The van der Waals surface area contributed by atoms with Crippen LogP contribution in [0.1, 0.15) is 37.6 Å². The maximum Gasteiger partial charge on any atom is 0.251 e. The van der Waals surface area contributed by atoms with Crippen molar-refractivity contribution < 1.29 is 4.79 Å². The van der Waals surface area contributed by atoms with Gasteiger partial charge in [0.2, 0.25) is 0 Å². The highest BCUT2D eigenvalue weighted by Gasteiger charge is 2.17. The summed E-state index contributed by atoms with van der Waals surface area (Å²) < 4.78 is 0.772. The molecule has 1 rings (SSSR count). The lowest BCUT2D eigenvalue weighted by Gasteiger charge is -2.22. The van der Waals surface area contributed by atoms with Crippen LogP contribution in [0.15, 0.2) is 22.7 Å². The molecule has 0 saturated carbocycles. The van der Waals surface area contributed by atoms with Gasteiger partial charge in [-0.2, -0.15) is 0 Å². The van der Waals surface area contributed by atoms with Crippen LogP contribution in [-0.4, -0.2) is 17.8 Å². The maximum absolute atomic E-state index is 11.9. The SMILES string of the molecule is CC(C)(C)CC(Cl)CNC(=O)c1ccc(Br)c(Cl)c1. The van der Waals surface area contributed by atoms with E-state index < -0.39 is 0 Å². The first-order chi connectivity index (χ1) is 8.69. The monoisotopic (exact) mass is 365 g/mol. The Balaban J connectivity index is 2.53. The van der Waals surface area contributed by atoms with Gasteiger partial charge >= 0.3 is 0 Å². The van der Waals surface area contributed by atoms with E-state index in [9.17, 15) is 4.79 Å². The van der Waals surface area contributed by atoms with E-state index >= 15 is 0 Å². The summed E-state index contributed by atoms with van der Waals surface area (Å²) >= 11 is 15.4. The quantitative estimate of drug-likeness (QED) is 0.756. The Hall–Kier alpha value is -0.250. The van der Waals surface area contributed by atoms with Crippen molar-refractivity contribution in [2.45, 2.75) is 32.6 Å². The third-order valence-corrected chi connectivity index (χ3v) is 4.04. The fourth-order valence-corrected chi connectivity index (χ4v) is 2.65. The maximum atomic E-state index is 11.9. The molecule has 2 nitrogen and oxygen atoms in total. The second kappa shape index (κ2) is 6.96. The average molecular weight is 367 g/mol. The molecule has 1 unspecified atom stereocenters. The summed E-state index contributed by atoms with van der Waals surface area (Å²) in [6, 6.07) is 5.11. The van der Waals surface area contributed by atoms with Crippen LogP contribution in [0.2, 0.25) is 5.02 Å². The molecule has 0 aliphatic rings. The van der Waals surface area contributed by atoms with E-state index in [0.717, 1.165) is 10.9 Å². The summed E-state index contributed by atoms with van der Waals surface area (Å²) in [5.41, 5.74) is 0.686. The van der Waals surface area contributed by atoms with E-state index in [2.05, 4.69) is 42.0 Å². The molecule has 19 heavy (non-hydrogen) atoms. The van der Waals surface area contributed by atoms with Crippen LogP contribution < -0.4 is 5.32 Å². The van der Waals surface area contributed by atoms with E-state index in [1.807, 2.05) is 0 Å². The van der Waals surface area contributed by atoms with E-state index in [-0.39, 0.29) is 16.7 Å². The number of benzene rings is 1. The van der Waals surface area contributed by atoms with Crippen molar-refractivity contribution in [1.82, 2.24) is 5.32 Å². The highest BCUT2D eigenvalue weighted by atomic mass is 79.9. The molecule has 0 heterocycles. The average Bonchev–Trinajstić information content (AvgIpc) is 2.27. The Morgan fingerprint density at radius 3 is 2.58 bits per heavy atom. The van der Waals surface area contributed by atoms with Crippen molar-refractivity contribution in [2.24, 2.45) is 5.41 Å². The molecule has 5 heteroatoms. The third-order valence-electron chi connectivity index (χ3n) is 2.50. The molecule has 1 aromatic rings. The largest absolute Gasteiger partial charge is 0.351 e. The Kier molecular flexibility index (Phi) is 6.15. The fraction of sp³-hybridized carbons (Fsp3) is 0.500. The van der Waals surface area contributed by atoms with Crippen LogP contribution in [0.25, 0.3) is 0 Å². The number of hydrogen-bond acceptors (Lipinski definition) is 1. The van der Waals surface area contributed by atoms with Crippen LogP contribution in [0, 0.1) is 5.41 Å². The van der Waals surface area contributed by atoms with Gasteiger partial charge in [-0.15, -0.1) is 11.6 Å². The van der Waals surface area contributed by atoms with Gasteiger partial charge in [-0.3, -0.25) is 4.79 Å². The van der Waals surface area contributed by atoms with Gasteiger partial charge in [-0.25, -0.2) is 0 Å². The molecule has 0 fully saturated rings. The van der Waals surface area contributed by atoms with Crippen molar-refractivity contribution >= 4 is 45.0 Å². The minimum absolute atomic E-state index is 0.0742. The first kappa shape index (κ1) is 16.8. The fourth-order valence-electron chi connectivity index (χ4n) is 1.68. The number of carbonyl (C=O) groups excluding carboxylic acids is 1. The Bertz CT molecular complexity index is 457. The topological polar surface area (TPSA) is 29.1 Å². The van der Waals surface area contributed by atoms with Gasteiger partial charge in [0, 0.05) is 16.6 Å². The van der Waals surface area contributed by atoms with Crippen molar-refractivity contribution in [3.05, 3.63) is 33.3 Å². The summed E-state index contributed by atoms with van der Waals surface area (Å²) in [5, 5.41) is 3.27. The molecule has 0 aliphatic carbocycles. The minimum atomic E-state index is -0.158. The Morgan fingerprint density at radius 1 is 1.42 bits per heavy atom. The molecular formula is C14H18BrCl2NO. The lowest BCUT2D eigenvalue weighted by atomic mass is 9.90. The van der Waals surface area contributed by atoms with E-state index in [1.165, 1.54) is 0 Å². The Labute approximate surface area is 133 Å². The van der Waals surface area contributed by atoms with Crippen molar-refractivity contribution in [3.63, 3.8) is 0 Å². The second-order valence-electron chi connectivity index (χ2n) is 5.70. The number of rotatable bonds is 4. The highest BCUT2D eigenvalue weighted by molar-refractivity contribution is 9.10. The van der Waals surface area contributed by atoms with Gasteiger partial charge in [-0.05, 0) is 46.0 Å². The van der Waals surface area contributed by atoms with Crippen LogP contribution in [-0.2, 0) is 0 Å². The van der Waals surface area contributed by atoms with Crippen LogP contribution in [0.5, 0.6) is 0 Å².